The van der Waals surface area contributed by atoms with E-state index in [0.29, 0.717) is 47.0 Å². The maximum Gasteiger partial charge on any atom is 0.435 e. The van der Waals surface area contributed by atoms with Gasteiger partial charge in [0, 0.05) is 61.3 Å². The van der Waals surface area contributed by atoms with Crippen LogP contribution in [0.3, 0.4) is 0 Å². The summed E-state index contributed by atoms with van der Waals surface area (Å²) in [7, 11) is 1.61. The number of piperidine rings is 1. The average molecular weight is 565 g/mol. The Labute approximate surface area is 232 Å². The summed E-state index contributed by atoms with van der Waals surface area (Å²) in [5.41, 5.74) is 1.69. The van der Waals surface area contributed by atoms with Gasteiger partial charge in [0.2, 0.25) is 5.88 Å². The predicted molar refractivity (Wildman–Crippen MR) is 145 cm³/mol. The molecule has 1 N–H and O–H groups in total. The molecular formula is C28H27F3N8O2. The topological polar surface area (TPSA) is 96.7 Å². The van der Waals surface area contributed by atoms with Crippen LogP contribution in [0.15, 0.2) is 48.9 Å². The lowest BCUT2D eigenvalue weighted by atomic mass is 9.87. The van der Waals surface area contributed by atoms with Gasteiger partial charge >= 0.3 is 6.18 Å². The molecule has 3 fully saturated rings. The summed E-state index contributed by atoms with van der Waals surface area (Å²) in [6, 6.07) is 10.3. The van der Waals surface area contributed by atoms with Gasteiger partial charge in [-0.2, -0.15) is 18.3 Å². The summed E-state index contributed by atoms with van der Waals surface area (Å²) in [4.78, 5) is 13.8. The van der Waals surface area contributed by atoms with Crippen LogP contribution in [0.4, 0.5) is 19.0 Å². The van der Waals surface area contributed by atoms with Crippen molar-refractivity contribution in [2.24, 2.45) is 0 Å². The zero-order valence-electron chi connectivity index (χ0n) is 22.4. The number of ether oxygens (including phenoxy) is 2. The van der Waals surface area contributed by atoms with Crippen molar-refractivity contribution < 1.29 is 22.6 Å². The van der Waals surface area contributed by atoms with Crippen molar-refractivity contribution in [1.29, 1.82) is 0 Å². The third kappa shape index (κ3) is 4.40. The van der Waals surface area contributed by atoms with E-state index < -0.39 is 11.9 Å². The molecule has 0 aromatic carbocycles. The Hall–Kier alpha value is -4.39. The second kappa shape index (κ2) is 9.61. The number of pyridine rings is 3. The van der Waals surface area contributed by atoms with E-state index in [1.54, 1.807) is 25.6 Å². The van der Waals surface area contributed by atoms with Crippen LogP contribution in [-0.4, -0.2) is 73.6 Å². The standard InChI is InChI=1S/C28H27F3N8O2/c1-3-41-20-9-21(25-24-26(28(29,30)31)34-35-27(24)36-39(25)15-20)17-5-6-22(32-11-17)37-13-18-8-19(14-37)38(18)12-16-4-7-23(40-2)33-10-16/h4-7,9-11,15,18-19H,3,8,12-14H2,1-2H3,(H,35,36). The first-order valence-corrected chi connectivity index (χ1v) is 13.4. The van der Waals surface area contributed by atoms with Crippen LogP contribution in [0.5, 0.6) is 11.6 Å². The third-order valence-corrected chi connectivity index (χ3v) is 7.89. The molecule has 0 saturated carbocycles. The molecule has 0 aliphatic carbocycles. The van der Waals surface area contributed by atoms with Gasteiger partial charge in [0.25, 0.3) is 0 Å². The molecule has 0 radical (unpaired) electrons. The van der Waals surface area contributed by atoms with Crippen LogP contribution < -0.4 is 14.4 Å². The molecule has 212 valence electrons. The highest BCUT2D eigenvalue weighted by molar-refractivity contribution is 6.03. The maximum absolute atomic E-state index is 13.8. The summed E-state index contributed by atoms with van der Waals surface area (Å²) < 4.78 is 53.6. The maximum atomic E-state index is 13.8. The van der Waals surface area contributed by atoms with Gasteiger partial charge < -0.3 is 14.4 Å². The number of anilines is 1. The lowest BCUT2D eigenvalue weighted by molar-refractivity contribution is -0.139. The molecule has 2 unspecified atom stereocenters. The highest BCUT2D eigenvalue weighted by Crippen LogP contribution is 2.40. The number of nitrogens with one attached hydrogen (secondary N) is 1. The molecule has 5 aromatic rings. The van der Waals surface area contributed by atoms with Crippen molar-refractivity contribution in [2.45, 2.75) is 38.1 Å². The fraction of sp³-hybridized carbons (Fsp3) is 0.357. The van der Waals surface area contributed by atoms with Crippen LogP contribution in [0.2, 0.25) is 0 Å². The fourth-order valence-corrected chi connectivity index (χ4v) is 5.99. The number of hydrogen-bond donors (Lipinski definition) is 1. The van der Waals surface area contributed by atoms with Gasteiger partial charge in [-0.15, -0.1) is 5.10 Å². The number of H-pyrrole nitrogens is 1. The second-order valence-electron chi connectivity index (χ2n) is 10.3. The molecule has 3 saturated heterocycles. The summed E-state index contributed by atoms with van der Waals surface area (Å²) in [5, 5.41) is 10.1. The van der Waals surface area contributed by atoms with Crippen molar-refractivity contribution >= 4 is 22.4 Å². The van der Waals surface area contributed by atoms with E-state index in [1.807, 2.05) is 37.4 Å². The van der Waals surface area contributed by atoms with E-state index >= 15 is 0 Å². The average Bonchev–Trinajstić information content (AvgIpc) is 3.55. The molecule has 8 heterocycles. The van der Waals surface area contributed by atoms with Crippen LogP contribution in [0, 0.1) is 0 Å². The van der Waals surface area contributed by atoms with E-state index in [4.69, 9.17) is 14.5 Å². The van der Waals surface area contributed by atoms with Crippen molar-refractivity contribution in [3.63, 3.8) is 0 Å². The summed E-state index contributed by atoms with van der Waals surface area (Å²) in [6.45, 7) is 4.79. The zero-order valence-corrected chi connectivity index (χ0v) is 22.4. The summed E-state index contributed by atoms with van der Waals surface area (Å²) in [6.07, 6.45) is 1.65. The van der Waals surface area contributed by atoms with Gasteiger partial charge in [-0.05, 0) is 37.1 Å². The molecule has 8 rings (SSSR count). The number of alkyl halides is 3. The van der Waals surface area contributed by atoms with Crippen LogP contribution in [-0.2, 0) is 12.7 Å². The third-order valence-electron chi connectivity index (χ3n) is 7.89. The number of nitrogens with zero attached hydrogens (tertiary/aromatic N) is 7. The summed E-state index contributed by atoms with van der Waals surface area (Å²) >= 11 is 0. The first-order valence-electron chi connectivity index (χ1n) is 13.4. The van der Waals surface area contributed by atoms with E-state index in [0.717, 1.165) is 37.4 Å². The quantitative estimate of drug-likeness (QED) is 0.308. The fourth-order valence-electron chi connectivity index (χ4n) is 5.99. The molecule has 2 atom stereocenters. The number of aromatic nitrogens is 6. The van der Waals surface area contributed by atoms with Crippen LogP contribution >= 0.6 is 0 Å². The summed E-state index contributed by atoms with van der Waals surface area (Å²) in [5.74, 6) is 1.94. The van der Waals surface area contributed by atoms with Crippen molar-refractivity contribution in [3.05, 3.63) is 60.2 Å². The molecule has 41 heavy (non-hydrogen) atoms. The van der Waals surface area contributed by atoms with Gasteiger partial charge in [0.15, 0.2) is 11.3 Å². The Bertz CT molecular complexity index is 1700. The number of hydrogen-bond acceptors (Lipinski definition) is 8. The van der Waals surface area contributed by atoms with Gasteiger partial charge in [0.05, 0.1) is 30.8 Å². The van der Waals surface area contributed by atoms with E-state index in [-0.39, 0.29) is 11.0 Å². The molecule has 0 spiro atoms. The highest BCUT2D eigenvalue weighted by Gasteiger charge is 2.44. The SMILES string of the molecule is CCOc1cc(-c2ccc(N3CC4CC(C3)N4Cc3ccc(OC)nc3)nc2)c2c3c(C(F)(F)F)n[nH]c3nn2c1. The van der Waals surface area contributed by atoms with Crippen molar-refractivity contribution in [1.82, 2.24) is 34.7 Å². The van der Waals surface area contributed by atoms with Crippen molar-refractivity contribution in [2.75, 3.05) is 31.7 Å². The lowest BCUT2D eigenvalue weighted by Crippen LogP contribution is -2.68. The highest BCUT2D eigenvalue weighted by atomic mass is 19.4. The van der Waals surface area contributed by atoms with Crippen LogP contribution in [0.25, 0.3) is 27.7 Å². The molecule has 3 aliphatic heterocycles. The minimum Gasteiger partial charge on any atom is -0.492 e. The van der Waals surface area contributed by atoms with E-state index in [1.165, 1.54) is 4.52 Å². The minimum atomic E-state index is -4.63. The lowest BCUT2D eigenvalue weighted by Gasteiger charge is -2.56. The first-order chi connectivity index (χ1) is 19.8. The Kier molecular flexibility index (Phi) is 6.00. The molecule has 5 aromatic heterocycles. The normalized spacial score (nSPS) is 19.1. The Morgan fingerprint density at radius 1 is 1.07 bits per heavy atom. The number of methoxy groups -OCH3 is 1. The van der Waals surface area contributed by atoms with E-state index in [9.17, 15) is 13.2 Å². The monoisotopic (exact) mass is 564 g/mol. The number of fused-ring (bicyclic) bond motifs is 5. The van der Waals surface area contributed by atoms with Crippen molar-refractivity contribution in [3.8, 4) is 22.8 Å². The molecular weight excluding hydrogens is 537 g/mol. The van der Waals surface area contributed by atoms with Gasteiger partial charge in [-0.1, -0.05) is 6.07 Å². The molecule has 10 nitrogen and oxygen atoms in total. The zero-order chi connectivity index (χ0) is 28.3. The molecule has 3 aliphatic rings. The number of rotatable bonds is 7. The van der Waals surface area contributed by atoms with Gasteiger partial charge in [-0.25, -0.2) is 14.5 Å². The van der Waals surface area contributed by atoms with Gasteiger partial charge in [-0.3, -0.25) is 10.00 Å². The number of halogens is 3. The Morgan fingerprint density at radius 2 is 1.90 bits per heavy atom. The molecule has 13 heteroatoms. The van der Waals surface area contributed by atoms with Crippen LogP contribution in [0.1, 0.15) is 24.6 Å². The Balaban J connectivity index is 1.16. The first kappa shape index (κ1) is 25.6. The molecule has 2 bridgehead atoms. The Morgan fingerprint density at radius 3 is 2.56 bits per heavy atom. The number of piperazine rings is 1. The molecule has 0 amide bonds. The predicted octanol–water partition coefficient (Wildman–Crippen LogP) is 4.56. The largest absolute Gasteiger partial charge is 0.492 e. The minimum absolute atomic E-state index is 0.0549. The smallest absolute Gasteiger partial charge is 0.435 e. The number of aromatic amines is 1. The van der Waals surface area contributed by atoms with E-state index in [2.05, 4.69) is 30.1 Å². The van der Waals surface area contributed by atoms with Gasteiger partial charge in [0.1, 0.15) is 11.6 Å². The second-order valence-corrected chi connectivity index (χ2v) is 10.3.